The molecule has 0 aliphatic carbocycles. The first-order chi connectivity index (χ1) is 8.66. The van der Waals surface area contributed by atoms with E-state index in [0.717, 1.165) is 6.42 Å². The summed E-state index contributed by atoms with van der Waals surface area (Å²) in [6.07, 6.45) is 0.782. The van der Waals surface area contributed by atoms with Gasteiger partial charge in [-0.1, -0.05) is 30.3 Å². The van der Waals surface area contributed by atoms with Gasteiger partial charge in [0.1, 0.15) is 5.82 Å². The van der Waals surface area contributed by atoms with E-state index in [1.165, 1.54) is 17.7 Å². The molecule has 0 aliphatic heterocycles. The molecule has 2 nitrogen and oxygen atoms in total. The predicted molar refractivity (Wildman–Crippen MR) is 74.2 cm³/mol. The number of nitrogen functional groups attached to an aromatic ring is 1. The zero-order valence-corrected chi connectivity index (χ0v) is 11.3. The predicted octanol–water partition coefficient (Wildman–Crippen LogP) is 3.79. The van der Waals surface area contributed by atoms with Crippen molar-refractivity contribution < 1.29 is 9.13 Å². The van der Waals surface area contributed by atoms with E-state index < -0.39 is 0 Å². The summed E-state index contributed by atoms with van der Waals surface area (Å²) in [5.74, 6) is 0.113. The molecule has 0 spiro atoms. The van der Waals surface area contributed by atoms with Gasteiger partial charge in [-0.15, -0.1) is 0 Å². The molecule has 0 bridgehead atoms. The molecule has 2 N–H and O–H groups in total. The van der Waals surface area contributed by atoms with Gasteiger partial charge in [0.05, 0.1) is 16.8 Å². The van der Waals surface area contributed by atoms with E-state index in [0.29, 0.717) is 22.5 Å². The normalized spacial score (nSPS) is 10.3. The van der Waals surface area contributed by atoms with Gasteiger partial charge in [0.15, 0.2) is 5.75 Å². The number of benzene rings is 2. The molecule has 18 heavy (non-hydrogen) atoms. The van der Waals surface area contributed by atoms with Crippen LogP contribution < -0.4 is 10.5 Å². The van der Waals surface area contributed by atoms with E-state index >= 15 is 0 Å². The van der Waals surface area contributed by atoms with Crippen LogP contribution in [0, 0.1) is 5.82 Å². The molecule has 94 valence electrons. The first kappa shape index (κ1) is 12.9. The van der Waals surface area contributed by atoms with E-state index in [1.54, 1.807) is 0 Å². The molecule has 4 heteroatoms. The summed E-state index contributed by atoms with van der Waals surface area (Å²) in [6, 6.07) is 12.6. The van der Waals surface area contributed by atoms with Crippen LogP contribution in [0.4, 0.5) is 10.1 Å². The fraction of sp³-hybridized carbons (Fsp3) is 0.143. The Hall–Kier alpha value is -1.55. The Kier molecular flexibility index (Phi) is 4.20. The summed E-state index contributed by atoms with van der Waals surface area (Å²) in [4.78, 5) is 0. The fourth-order valence-corrected chi connectivity index (χ4v) is 2.21. The van der Waals surface area contributed by atoms with Gasteiger partial charge in [0.2, 0.25) is 0 Å². The summed E-state index contributed by atoms with van der Waals surface area (Å²) >= 11 is 3.24. The lowest BCUT2D eigenvalue weighted by Crippen LogP contribution is -2.04. The van der Waals surface area contributed by atoms with Gasteiger partial charge >= 0.3 is 0 Å². The largest absolute Gasteiger partial charge is 0.490 e. The van der Waals surface area contributed by atoms with Crippen LogP contribution in [0.2, 0.25) is 0 Å². The van der Waals surface area contributed by atoms with Crippen molar-refractivity contribution in [2.75, 3.05) is 12.3 Å². The van der Waals surface area contributed by atoms with Gasteiger partial charge in [-0.3, -0.25) is 0 Å². The quantitative estimate of drug-likeness (QED) is 0.872. The fourth-order valence-electron chi connectivity index (χ4n) is 1.65. The first-order valence-corrected chi connectivity index (χ1v) is 6.37. The zero-order chi connectivity index (χ0) is 13.0. The highest BCUT2D eigenvalue weighted by atomic mass is 79.9. The Balaban J connectivity index is 1.99. The third kappa shape index (κ3) is 3.23. The molecule has 0 heterocycles. The Bertz CT molecular complexity index is 508. The van der Waals surface area contributed by atoms with Gasteiger partial charge in [0.25, 0.3) is 0 Å². The van der Waals surface area contributed by atoms with E-state index in [-0.39, 0.29) is 5.82 Å². The highest BCUT2D eigenvalue weighted by Gasteiger charge is 2.08. The van der Waals surface area contributed by atoms with Crippen molar-refractivity contribution in [1.82, 2.24) is 0 Å². The number of ether oxygens (including phenoxy) is 1. The molecule has 0 saturated carbocycles. The Morgan fingerprint density at radius 2 is 1.89 bits per heavy atom. The molecule has 0 aliphatic rings. The molecule has 2 aromatic carbocycles. The molecular formula is C14H13BrFNO. The highest BCUT2D eigenvalue weighted by Crippen LogP contribution is 2.32. The molecule has 0 radical (unpaired) electrons. The molecule has 2 aromatic rings. The number of hydrogen-bond donors (Lipinski definition) is 1. The second kappa shape index (κ2) is 5.87. The van der Waals surface area contributed by atoms with Crippen LogP contribution in [0.3, 0.4) is 0 Å². The number of nitrogens with two attached hydrogens (primary N) is 1. The van der Waals surface area contributed by atoms with Gasteiger partial charge in [0, 0.05) is 12.5 Å². The first-order valence-electron chi connectivity index (χ1n) is 5.58. The number of anilines is 1. The van der Waals surface area contributed by atoms with Crippen molar-refractivity contribution in [2.24, 2.45) is 0 Å². The Morgan fingerprint density at radius 3 is 2.56 bits per heavy atom. The minimum atomic E-state index is -0.380. The molecular weight excluding hydrogens is 297 g/mol. The second-order valence-electron chi connectivity index (χ2n) is 3.89. The lowest BCUT2D eigenvalue weighted by molar-refractivity contribution is 0.321. The van der Waals surface area contributed by atoms with E-state index in [1.807, 2.05) is 30.3 Å². The smallest absolute Gasteiger partial charge is 0.156 e. The van der Waals surface area contributed by atoms with Crippen LogP contribution in [-0.4, -0.2) is 6.61 Å². The van der Waals surface area contributed by atoms with Crippen LogP contribution in [0.5, 0.6) is 5.75 Å². The molecule has 0 unspecified atom stereocenters. The molecule has 0 atom stereocenters. The number of halogens is 2. The molecule has 0 amide bonds. The van der Waals surface area contributed by atoms with Crippen molar-refractivity contribution in [3.63, 3.8) is 0 Å². The molecule has 2 rings (SSSR count). The maximum Gasteiger partial charge on any atom is 0.156 e. The SMILES string of the molecule is Nc1cc(F)cc(Br)c1OCCc1ccccc1. The van der Waals surface area contributed by atoms with Crippen molar-refractivity contribution >= 4 is 21.6 Å². The van der Waals surface area contributed by atoms with Crippen LogP contribution in [0.25, 0.3) is 0 Å². The maximum atomic E-state index is 13.0. The van der Waals surface area contributed by atoms with Crippen LogP contribution in [-0.2, 0) is 6.42 Å². The Labute approximate surface area is 114 Å². The third-order valence-corrected chi connectivity index (χ3v) is 3.11. The van der Waals surface area contributed by atoms with Crippen LogP contribution >= 0.6 is 15.9 Å². The zero-order valence-electron chi connectivity index (χ0n) is 9.70. The monoisotopic (exact) mass is 309 g/mol. The summed E-state index contributed by atoms with van der Waals surface area (Å²) in [5.41, 5.74) is 7.20. The summed E-state index contributed by atoms with van der Waals surface area (Å²) < 4.78 is 19.2. The minimum absolute atomic E-state index is 0.301. The summed E-state index contributed by atoms with van der Waals surface area (Å²) in [5, 5.41) is 0. The average molecular weight is 310 g/mol. The van der Waals surface area contributed by atoms with Gasteiger partial charge < -0.3 is 10.5 Å². The lowest BCUT2D eigenvalue weighted by Gasteiger charge is -2.11. The van der Waals surface area contributed by atoms with Gasteiger partial charge in [-0.25, -0.2) is 4.39 Å². The number of hydrogen-bond acceptors (Lipinski definition) is 2. The van der Waals surface area contributed by atoms with E-state index in [9.17, 15) is 4.39 Å². The van der Waals surface area contributed by atoms with E-state index in [2.05, 4.69) is 15.9 Å². The standard InChI is InChI=1S/C14H13BrFNO/c15-12-8-11(16)9-13(17)14(12)18-7-6-10-4-2-1-3-5-10/h1-5,8-9H,6-7,17H2. The highest BCUT2D eigenvalue weighted by molar-refractivity contribution is 9.10. The Morgan fingerprint density at radius 1 is 1.17 bits per heavy atom. The summed E-state index contributed by atoms with van der Waals surface area (Å²) in [6.45, 7) is 0.498. The average Bonchev–Trinajstić information content (AvgIpc) is 2.34. The molecule has 0 aromatic heterocycles. The topological polar surface area (TPSA) is 35.2 Å². The third-order valence-electron chi connectivity index (χ3n) is 2.52. The van der Waals surface area contributed by atoms with Crippen molar-refractivity contribution in [3.8, 4) is 5.75 Å². The second-order valence-corrected chi connectivity index (χ2v) is 4.74. The lowest BCUT2D eigenvalue weighted by atomic mass is 10.2. The van der Waals surface area contributed by atoms with E-state index in [4.69, 9.17) is 10.5 Å². The molecule has 0 saturated heterocycles. The van der Waals surface area contributed by atoms with Gasteiger partial charge in [-0.05, 0) is 27.6 Å². The minimum Gasteiger partial charge on any atom is -0.490 e. The van der Waals surface area contributed by atoms with Gasteiger partial charge in [-0.2, -0.15) is 0 Å². The number of rotatable bonds is 4. The van der Waals surface area contributed by atoms with Crippen LogP contribution in [0.15, 0.2) is 46.9 Å². The van der Waals surface area contributed by atoms with Crippen molar-refractivity contribution in [2.45, 2.75) is 6.42 Å². The molecule has 0 fully saturated rings. The summed E-state index contributed by atoms with van der Waals surface area (Å²) in [7, 11) is 0. The van der Waals surface area contributed by atoms with Crippen molar-refractivity contribution in [1.29, 1.82) is 0 Å². The van der Waals surface area contributed by atoms with Crippen molar-refractivity contribution in [3.05, 3.63) is 58.3 Å². The van der Waals surface area contributed by atoms with Crippen LogP contribution in [0.1, 0.15) is 5.56 Å². The maximum absolute atomic E-state index is 13.0.